The molecular formula is C10H25N3O4. The lowest BCUT2D eigenvalue weighted by Gasteiger charge is -2.18. The summed E-state index contributed by atoms with van der Waals surface area (Å²) >= 11 is 0. The molecule has 0 fully saturated rings. The van der Waals surface area contributed by atoms with Crippen LogP contribution in [0.3, 0.4) is 0 Å². The number of hydrogen-bond acceptors (Lipinski definition) is 7. The fraction of sp³-hybridized carbons (Fsp3) is 1.00. The van der Waals surface area contributed by atoms with Gasteiger partial charge in [0.05, 0.1) is 24.4 Å². The monoisotopic (exact) mass is 251 g/mol. The average Bonchev–Trinajstić information content (AvgIpc) is 2.28. The number of aliphatic hydroxyl groups is 4. The maximum atomic E-state index is 9.46. The maximum Gasteiger partial charge on any atom is 0.0689 e. The van der Waals surface area contributed by atoms with Crippen LogP contribution in [0.4, 0.5) is 0 Å². The second-order valence-corrected chi connectivity index (χ2v) is 4.22. The van der Waals surface area contributed by atoms with Crippen LogP contribution in [-0.4, -0.2) is 71.0 Å². The molecule has 0 amide bonds. The van der Waals surface area contributed by atoms with Gasteiger partial charge < -0.3 is 37.2 Å². The van der Waals surface area contributed by atoms with Gasteiger partial charge in [0.1, 0.15) is 0 Å². The van der Waals surface area contributed by atoms with E-state index in [0.29, 0.717) is 0 Å². The van der Waals surface area contributed by atoms with Gasteiger partial charge in [-0.3, -0.25) is 0 Å². The number of rotatable bonds is 10. The lowest BCUT2D eigenvalue weighted by atomic mass is 10.1. The highest BCUT2D eigenvalue weighted by Crippen LogP contribution is 1.98. The van der Waals surface area contributed by atoms with E-state index >= 15 is 0 Å². The van der Waals surface area contributed by atoms with Gasteiger partial charge in [0.15, 0.2) is 0 Å². The molecule has 4 atom stereocenters. The fourth-order valence-electron chi connectivity index (χ4n) is 1.40. The van der Waals surface area contributed by atoms with Gasteiger partial charge >= 0.3 is 0 Å². The van der Waals surface area contributed by atoms with Crippen molar-refractivity contribution >= 4 is 0 Å². The summed E-state index contributed by atoms with van der Waals surface area (Å²) in [6.07, 6.45) is -2.44. The van der Waals surface area contributed by atoms with Crippen molar-refractivity contribution in [3.63, 3.8) is 0 Å². The summed E-state index contributed by atoms with van der Waals surface area (Å²) in [5, 5.41) is 40.1. The van der Waals surface area contributed by atoms with E-state index in [9.17, 15) is 20.4 Å². The molecule has 0 spiro atoms. The summed E-state index contributed by atoms with van der Waals surface area (Å²) in [5.74, 6) is 0. The van der Waals surface area contributed by atoms with E-state index in [1.807, 2.05) is 0 Å². The average molecular weight is 251 g/mol. The third-order valence-corrected chi connectivity index (χ3v) is 2.39. The van der Waals surface area contributed by atoms with Crippen LogP contribution in [0.25, 0.3) is 0 Å². The van der Waals surface area contributed by atoms with Gasteiger partial charge in [-0.2, -0.15) is 0 Å². The molecule has 0 aliphatic carbocycles. The van der Waals surface area contributed by atoms with Crippen LogP contribution in [-0.2, 0) is 0 Å². The third-order valence-electron chi connectivity index (χ3n) is 2.39. The zero-order chi connectivity index (χ0) is 13.3. The first-order chi connectivity index (χ1) is 7.99. The van der Waals surface area contributed by atoms with E-state index in [1.165, 1.54) is 0 Å². The van der Waals surface area contributed by atoms with Gasteiger partial charge in [0, 0.05) is 39.0 Å². The molecule has 0 aromatic heterocycles. The van der Waals surface area contributed by atoms with Crippen molar-refractivity contribution in [2.75, 3.05) is 26.2 Å². The van der Waals surface area contributed by atoms with Crippen molar-refractivity contribution in [3.05, 3.63) is 0 Å². The molecule has 0 bridgehead atoms. The van der Waals surface area contributed by atoms with Crippen LogP contribution < -0.4 is 16.8 Å². The van der Waals surface area contributed by atoms with Crippen molar-refractivity contribution in [1.29, 1.82) is 0 Å². The van der Waals surface area contributed by atoms with Crippen LogP contribution in [0, 0.1) is 0 Å². The standard InChI is InChI=1S/C10H25N3O4/c11-3-7(14)1-9(16)5-13-6-10(17)2-8(15)4-12/h7-10,13-17H,1-6,11-12H2/t7-,8-,9-,10-/m0/s1. The van der Waals surface area contributed by atoms with E-state index in [4.69, 9.17) is 11.5 Å². The molecule has 9 N–H and O–H groups in total. The first-order valence-corrected chi connectivity index (χ1v) is 5.82. The molecule has 0 rings (SSSR count). The minimum absolute atomic E-state index is 0.113. The summed E-state index contributed by atoms with van der Waals surface area (Å²) < 4.78 is 0. The summed E-state index contributed by atoms with van der Waals surface area (Å²) in [5.41, 5.74) is 10.4. The SMILES string of the molecule is NC[C@@H](O)C[C@H](O)CNC[C@@H](O)C[C@H](O)CN. The maximum absolute atomic E-state index is 9.46. The Morgan fingerprint density at radius 2 is 1.06 bits per heavy atom. The zero-order valence-electron chi connectivity index (χ0n) is 10.00. The largest absolute Gasteiger partial charge is 0.392 e. The van der Waals surface area contributed by atoms with Gasteiger partial charge in [0.25, 0.3) is 0 Å². The predicted octanol–water partition coefficient (Wildman–Crippen LogP) is -3.28. The molecule has 0 aromatic rings. The second-order valence-electron chi connectivity index (χ2n) is 4.22. The Hall–Kier alpha value is -0.280. The Morgan fingerprint density at radius 1 is 0.706 bits per heavy atom. The van der Waals surface area contributed by atoms with E-state index in [0.717, 1.165) is 0 Å². The minimum Gasteiger partial charge on any atom is -0.392 e. The minimum atomic E-state index is -0.712. The van der Waals surface area contributed by atoms with Gasteiger partial charge in [-0.1, -0.05) is 0 Å². The van der Waals surface area contributed by atoms with Crippen molar-refractivity contribution in [2.24, 2.45) is 11.5 Å². The highest BCUT2D eigenvalue weighted by atomic mass is 16.3. The molecule has 0 radical (unpaired) electrons. The van der Waals surface area contributed by atoms with E-state index in [2.05, 4.69) is 5.32 Å². The Kier molecular flexibility index (Phi) is 9.56. The second kappa shape index (κ2) is 9.72. The Balaban J connectivity index is 3.55. The molecule has 0 aliphatic heterocycles. The summed E-state index contributed by atoms with van der Waals surface area (Å²) in [6.45, 7) is 0.741. The molecular weight excluding hydrogens is 226 g/mol. The lowest BCUT2D eigenvalue weighted by molar-refractivity contribution is 0.0701. The smallest absolute Gasteiger partial charge is 0.0689 e. The number of hydrogen-bond donors (Lipinski definition) is 7. The molecule has 0 unspecified atom stereocenters. The van der Waals surface area contributed by atoms with Crippen LogP contribution in [0.1, 0.15) is 12.8 Å². The summed E-state index contributed by atoms with van der Waals surface area (Å²) in [4.78, 5) is 0. The topological polar surface area (TPSA) is 145 Å². The first-order valence-electron chi connectivity index (χ1n) is 5.82. The lowest BCUT2D eigenvalue weighted by Crippen LogP contribution is -2.37. The number of nitrogens with two attached hydrogens (primary N) is 2. The molecule has 0 saturated carbocycles. The zero-order valence-corrected chi connectivity index (χ0v) is 10.00. The van der Waals surface area contributed by atoms with Gasteiger partial charge in [-0.25, -0.2) is 0 Å². The van der Waals surface area contributed by atoms with Crippen molar-refractivity contribution in [1.82, 2.24) is 5.32 Å². The highest BCUT2D eigenvalue weighted by molar-refractivity contribution is 4.70. The highest BCUT2D eigenvalue weighted by Gasteiger charge is 2.13. The quantitative estimate of drug-likeness (QED) is 0.215. The van der Waals surface area contributed by atoms with Gasteiger partial charge in [0.2, 0.25) is 0 Å². The van der Waals surface area contributed by atoms with Gasteiger partial charge in [-0.05, 0) is 0 Å². The van der Waals surface area contributed by atoms with Crippen LogP contribution in [0.2, 0.25) is 0 Å². The van der Waals surface area contributed by atoms with E-state index in [1.54, 1.807) is 0 Å². The van der Waals surface area contributed by atoms with E-state index in [-0.39, 0.29) is 39.0 Å². The molecule has 0 heterocycles. The molecule has 0 aromatic carbocycles. The predicted molar refractivity (Wildman–Crippen MR) is 64.2 cm³/mol. The fourth-order valence-corrected chi connectivity index (χ4v) is 1.40. The summed E-state index contributed by atoms with van der Waals surface area (Å²) in [7, 11) is 0. The Morgan fingerprint density at radius 3 is 1.35 bits per heavy atom. The van der Waals surface area contributed by atoms with Crippen LogP contribution in [0.5, 0.6) is 0 Å². The molecule has 0 aliphatic rings. The van der Waals surface area contributed by atoms with Crippen molar-refractivity contribution < 1.29 is 20.4 Å². The Bertz CT molecular complexity index is 167. The molecule has 7 heteroatoms. The van der Waals surface area contributed by atoms with Crippen LogP contribution >= 0.6 is 0 Å². The number of aliphatic hydroxyl groups excluding tert-OH is 4. The number of nitrogens with one attached hydrogen (secondary N) is 1. The Labute approximate surface area is 101 Å². The third kappa shape index (κ3) is 9.42. The van der Waals surface area contributed by atoms with Crippen molar-refractivity contribution in [2.45, 2.75) is 37.3 Å². The normalized spacial score (nSPS) is 18.7. The van der Waals surface area contributed by atoms with E-state index < -0.39 is 24.4 Å². The first kappa shape index (κ1) is 16.7. The summed E-state index contributed by atoms with van der Waals surface area (Å²) in [6, 6.07) is 0. The molecule has 104 valence electrons. The molecule has 7 nitrogen and oxygen atoms in total. The van der Waals surface area contributed by atoms with Gasteiger partial charge in [-0.15, -0.1) is 0 Å². The van der Waals surface area contributed by atoms with Crippen LogP contribution in [0.15, 0.2) is 0 Å². The molecule has 17 heavy (non-hydrogen) atoms. The molecule has 0 saturated heterocycles. The van der Waals surface area contributed by atoms with Crippen molar-refractivity contribution in [3.8, 4) is 0 Å².